The Balaban J connectivity index is 2.14. The molecular formula is C8H8BrN3O. The smallest absolute Gasteiger partial charge is 0.133 e. The third-order valence-electron chi connectivity index (χ3n) is 1.60. The van der Waals surface area contributed by atoms with Gasteiger partial charge in [0, 0.05) is 12.3 Å². The van der Waals surface area contributed by atoms with Crippen molar-refractivity contribution in [2.24, 2.45) is 0 Å². The molecule has 2 aromatic heterocycles. The van der Waals surface area contributed by atoms with Crippen molar-refractivity contribution < 1.29 is 4.52 Å². The third kappa shape index (κ3) is 1.98. The first-order chi connectivity index (χ1) is 6.24. The molecule has 0 aliphatic heterocycles. The molecule has 0 unspecified atom stereocenters. The second kappa shape index (κ2) is 3.33. The quantitative estimate of drug-likeness (QED) is 0.808. The van der Waals surface area contributed by atoms with Crippen LogP contribution in [0.5, 0.6) is 0 Å². The summed E-state index contributed by atoms with van der Waals surface area (Å²) in [5.41, 5.74) is 0.883. The van der Waals surface area contributed by atoms with Crippen LogP contribution in [-0.2, 0) is 6.54 Å². The highest BCUT2D eigenvalue weighted by Crippen LogP contribution is 2.08. The van der Waals surface area contributed by atoms with Gasteiger partial charge in [-0.25, -0.2) is 0 Å². The lowest BCUT2D eigenvalue weighted by Crippen LogP contribution is -1.99. The van der Waals surface area contributed by atoms with E-state index in [1.54, 1.807) is 10.9 Å². The summed E-state index contributed by atoms with van der Waals surface area (Å²) in [6.07, 6.45) is 3.64. The van der Waals surface area contributed by atoms with Gasteiger partial charge in [-0.1, -0.05) is 5.16 Å². The molecule has 0 fully saturated rings. The minimum absolute atomic E-state index is 0.642. The van der Waals surface area contributed by atoms with Gasteiger partial charge in [0.25, 0.3) is 0 Å². The lowest BCUT2D eigenvalue weighted by molar-refractivity contribution is 0.387. The second-order valence-corrected chi connectivity index (χ2v) is 3.70. The highest BCUT2D eigenvalue weighted by atomic mass is 79.9. The molecule has 0 aliphatic rings. The zero-order valence-electron chi connectivity index (χ0n) is 7.07. The van der Waals surface area contributed by atoms with Gasteiger partial charge in [-0.15, -0.1) is 0 Å². The van der Waals surface area contributed by atoms with E-state index in [2.05, 4.69) is 26.2 Å². The van der Waals surface area contributed by atoms with Crippen LogP contribution in [0.3, 0.4) is 0 Å². The van der Waals surface area contributed by atoms with Crippen LogP contribution in [-0.4, -0.2) is 14.9 Å². The summed E-state index contributed by atoms with van der Waals surface area (Å²) in [5.74, 6) is 0.821. The SMILES string of the molecule is Cc1cc(Cn2cc(Br)cn2)no1. The van der Waals surface area contributed by atoms with E-state index in [9.17, 15) is 0 Å². The highest BCUT2D eigenvalue weighted by molar-refractivity contribution is 9.10. The van der Waals surface area contributed by atoms with Crippen molar-refractivity contribution in [2.45, 2.75) is 13.5 Å². The predicted octanol–water partition coefficient (Wildman–Crippen LogP) is 1.99. The maximum Gasteiger partial charge on any atom is 0.133 e. The minimum Gasteiger partial charge on any atom is -0.361 e. The third-order valence-corrected chi connectivity index (χ3v) is 2.01. The van der Waals surface area contributed by atoms with E-state index >= 15 is 0 Å². The lowest BCUT2D eigenvalue weighted by atomic mass is 10.4. The molecule has 4 nitrogen and oxygen atoms in total. The van der Waals surface area contributed by atoms with Crippen molar-refractivity contribution in [3.8, 4) is 0 Å². The van der Waals surface area contributed by atoms with Crippen LogP contribution in [0.15, 0.2) is 27.5 Å². The van der Waals surface area contributed by atoms with Crippen LogP contribution in [0.1, 0.15) is 11.5 Å². The monoisotopic (exact) mass is 241 g/mol. The van der Waals surface area contributed by atoms with Crippen molar-refractivity contribution >= 4 is 15.9 Å². The molecule has 0 aromatic carbocycles. The zero-order chi connectivity index (χ0) is 9.26. The van der Waals surface area contributed by atoms with Gasteiger partial charge in [-0.2, -0.15) is 5.10 Å². The number of hydrogen-bond acceptors (Lipinski definition) is 3. The van der Waals surface area contributed by atoms with Gasteiger partial charge in [0.2, 0.25) is 0 Å². The van der Waals surface area contributed by atoms with Crippen molar-refractivity contribution in [3.63, 3.8) is 0 Å². The minimum atomic E-state index is 0.642. The van der Waals surface area contributed by atoms with E-state index in [1.807, 2.05) is 19.2 Å². The molecular weight excluding hydrogens is 234 g/mol. The predicted molar refractivity (Wildman–Crippen MR) is 50.3 cm³/mol. The Labute approximate surface area is 83.7 Å². The van der Waals surface area contributed by atoms with Gasteiger partial charge in [0.05, 0.1) is 17.2 Å². The van der Waals surface area contributed by atoms with Gasteiger partial charge in [-0.3, -0.25) is 4.68 Å². The summed E-state index contributed by atoms with van der Waals surface area (Å²) < 4.78 is 7.70. The number of aromatic nitrogens is 3. The van der Waals surface area contributed by atoms with Crippen molar-refractivity contribution in [1.82, 2.24) is 14.9 Å². The number of rotatable bonds is 2. The maximum atomic E-state index is 4.94. The average molecular weight is 242 g/mol. The first-order valence-electron chi connectivity index (χ1n) is 3.84. The topological polar surface area (TPSA) is 43.9 Å². The average Bonchev–Trinajstić information content (AvgIpc) is 2.62. The molecule has 0 saturated heterocycles. The largest absolute Gasteiger partial charge is 0.361 e. The van der Waals surface area contributed by atoms with Crippen LogP contribution in [0.2, 0.25) is 0 Å². The molecule has 0 radical (unpaired) electrons. The van der Waals surface area contributed by atoms with Gasteiger partial charge < -0.3 is 4.52 Å². The van der Waals surface area contributed by atoms with Crippen molar-refractivity contribution in [3.05, 3.63) is 34.4 Å². The normalized spacial score (nSPS) is 10.6. The lowest BCUT2D eigenvalue weighted by Gasteiger charge is -1.93. The Morgan fingerprint density at radius 2 is 2.46 bits per heavy atom. The van der Waals surface area contributed by atoms with E-state index in [1.165, 1.54) is 0 Å². The van der Waals surface area contributed by atoms with Crippen LogP contribution < -0.4 is 0 Å². The van der Waals surface area contributed by atoms with Crippen LogP contribution in [0.25, 0.3) is 0 Å². The number of halogens is 1. The summed E-state index contributed by atoms with van der Waals surface area (Å²) >= 11 is 3.32. The van der Waals surface area contributed by atoms with Gasteiger partial charge in [0.15, 0.2) is 0 Å². The molecule has 0 bridgehead atoms. The standard InChI is InChI=1S/C8H8BrN3O/c1-6-2-8(11-13-6)5-12-4-7(9)3-10-12/h2-4H,5H2,1H3. The highest BCUT2D eigenvalue weighted by Gasteiger charge is 2.01. The number of aryl methyl sites for hydroxylation is 1. The maximum absolute atomic E-state index is 4.94. The van der Waals surface area contributed by atoms with E-state index in [4.69, 9.17) is 4.52 Å². The van der Waals surface area contributed by atoms with Gasteiger partial charge in [-0.05, 0) is 22.9 Å². The number of nitrogens with zero attached hydrogens (tertiary/aromatic N) is 3. The van der Waals surface area contributed by atoms with E-state index < -0.39 is 0 Å². The Hall–Kier alpha value is -1.10. The summed E-state index contributed by atoms with van der Waals surface area (Å²) in [7, 11) is 0. The molecule has 2 heterocycles. The Bertz CT molecular complexity index is 369. The van der Waals surface area contributed by atoms with Crippen LogP contribution in [0.4, 0.5) is 0 Å². The van der Waals surface area contributed by atoms with E-state index in [-0.39, 0.29) is 0 Å². The Kier molecular flexibility index (Phi) is 2.18. The Morgan fingerprint density at radius 1 is 1.62 bits per heavy atom. The summed E-state index contributed by atoms with van der Waals surface area (Å²) in [6, 6.07) is 1.90. The Morgan fingerprint density at radius 3 is 3.00 bits per heavy atom. The van der Waals surface area contributed by atoms with Gasteiger partial charge >= 0.3 is 0 Å². The first kappa shape index (κ1) is 8.50. The van der Waals surface area contributed by atoms with Crippen LogP contribution in [0, 0.1) is 6.92 Å². The van der Waals surface area contributed by atoms with E-state index in [0.717, 1.165) is 15.9 Å². The molecule has 0 atom stereocenters. The number of hydrogen-bond donors (Lipinski definition) is 0. The summed E-state index contributed by atoms with van der Waals surface area (Å²) in [5, 5.41) is 7.98. The van der Waals surface area contributed by atoms with Crippen molar-refractivity contribution in [1.29, 1.82) is 0 Å². The fourth-order valence-electron chi connectivity index (χ4n) is 1.08. The molecule has 68 valence electrons. The fourth-order valence-corrected chi connectivity index (χ4v) is 1.41. The molecule has 2 aromatic rings. The fraction of sp³-hybridized carbons (Fsp3) is 0.250. The molecule has 0 N–H and O–H groups in total. The summed E-state index contributed by atoms with van der Waals surface area (Å²) in [6.45, 7) is 2.51. The second-order valence-electron chi connectivity index (χ2n) is 2.79. The van der Waals surface area contributed by atoms with E-state index in [0.29, 0.717) is 6.54 Å². The van der Waals surface area contributed by atoms with Crippen LogP contribution >= 0.6 is 15.9 Å². The molecule has 0 amide bonds. The zero-order valence-corrected chi connectivity index (χ0v) is 8.65. The molecule has 0 saturated carbocycles. The summed E-state index contributed by atoms with van der Waals surface area (Å²) in [4.78, 5) is 0. The van der Waals surface area contributed by atoms with Gasteiger partial charge in [0.1, 0.15) is 11.5 Å². The molecule has 13 heavy (non-hydrogen) atoms. The molecule has 0 spiro atoms. The molecule has 2 rings (SSSR count). The first-order valence-corrected chi connectivity index (χ1v) is 4.63. The molecule has 0 aliphatic carbocycles. The molecule has 5 heteroatoms. The van der Waals surface area contributed by atoms with Crippen molar-refractivity contribution in [2.75, 3.05) is 0 Å².